The highest BCUT2D eigenvalue weighted by Crippen LogP contribution is 2.03. The van der Waals surface area contributed by atoms with Gasteiger partial charge in [0.25, 0.3) is 5.56 Å². The van der Waals surface area contributed by atoms with E-state index in [2.05, 4.69) is 15.1 Å². The first-order valence-electron chi connectivity index (χ1n) is 3.67. The number of fused-ring (bicyclic) bond motifs is 1. The van der Waals surface area contributed by atoms with E-state index in [0.717, 1.165) is 0 Å². The Morgan fingerprint density at radius 3 is 3.00 bits per heavy atom. The Morgan fingerprint density at radius 2 is 2.36 bits per heavy atom. The zero-order chi connectivity index (χ0) is 10.3. The van der Waals surface area contributed by atoms with Gasteiger partial charge in [-0.3, -0.25) is 14.0 Å². The standard InChI is InChI=1S/C6H7N5O2S/c1-14(13)6-9-5-8-4(12)2-3(7)11(5)10-6/h2H,7H2,1H3,(H,8,9,10,12). The number of aromatic nitrogens is 4. The van der Waals surface area contributed by atoms with Crippen LogP contribution in [0.25, 0.3) is 5.78 Å². The number of nitrogen functional groups attached to an aromatic ring is 1. The Balaban J connectivity index is 2.83. The molecule has 0 radical (unpaired) electrons. The lowest BCUT2D eigenvalue weighted by Gasteiger charge is -1.93. The second kappa shape index (κ2) is 2.91. The molecule has 1 unspecified atom stereocenters. The number of rotatable bonds is 1. The molecule has 0 aliphatic carbocycles. The van der Waals surface area contributed by atoms with E-state index in [1.54, 1.807) is 0 Å². The summed E-state index contributed by atoms with van der Waals surface area (Å²) in [5, 5.41) is 4.00. The van der Waals surface area contributed by atoms with Crippen molar-refractivity contribution < 1.29 is 4.21 Å². The van der Waals surface area contributed by atoms with Crippen LogP contribution >= 0.6 is 0 Å². The smallest absolute Gasteiger partial charge is 0.254 e. The van der Waals surface area contributed by atoms with E-state index >= 15 is 0 Å². The number of nitrogens with one attached hydrogen (secondary N) is 1. The van der Waals surface area contributed by atoms with E-state index in [9.17, 15) is 9.00 Å². The molecule has 2 aromatic heterocycles. The third kappa shape index (κ3) is 1.29. The minimum atomic E-state index is -1.30. The van der Waals surface area contributed by atoms with Crippen LogP contribution in [-0.4, -0.2) is 30.0 Å². The van der Waals surface area contributed by atoms with Crippen molar-refractivity contribution in [2.24, 2.45) is 0 Å². The van der Waals surface area contributed by atoms with Crippen molar-refractivity contribution in [3.63, 3.8) is 0 Å². The molecule has 2 heterocycles. The summed E-state index contributed by atoms with van der Waals surface area (Å²) >= 11 is 0. The highest BCUT2D eigenvalue weighted by molar-refractivity contribution is 7.84. The number of hydrogen-bond acceptors (Lipinski definition) is 5. The van der Waals surface area contributed by atoms with Crippen molar-refractivity contribution in [3.05, 3.63) is 16.4 Å². The highest BCUT2D eigenvalue weighted by atomic mass is 32.2. The first-order valence-corrected chi connectivity index (χ1v) is 5.23. The van der Waals surface area contributed by atoms with Crippen molar-refractivity contribution >= 4 is 22.4 Å². The van der Waals surface area contributed by atoms with Gasteiger partial charge in [0.2, 0.25) is 10.9 Å². The van der Waals surface area contributed by atoms with Crippen LogP contribution in [0.5, 0.6) is 0 Å². The molecule has 0 aromatic carbocycles. The Hall–Kier alpha value is -1.70. The lowest BCUT2D eigenvalue weighted by molar-refractivity contribution is 0.679. The fourth-order valence-corrected chi connectivity index (χ4v) is 1.43. The van der Waals surface area contributed by atoms with Gasteiger partial charge in [-0.25, -0.2) is 0 Å². The van der Waals surface area contributed by atoms with Crippen LogP contribution in [0.3, 0.4) is 0 Å². The molecular formula is C6H7N5O2S. The van der Waals surface area contributed by atoms with Gasteiger partial charge in [-0.1, -0.05) is 0 Å². The third-order valence-corrected chi connectivity index (χ3v) is 2.29. The van der Waals surface area contributed by atoms with Crippen molar-refractivity contribution in [1.82, 2.24) is 19.6 Å². The number of aromatic amines is 1. The normalized spacial score (nSPS) is 13.2. The molecule has 0 fully saturated rings. The fraction of sp³-hybridized carbons (Fsp3) is 0.167. The van der Waals surface area contributed by atoms with Crippen LogP contribution in [0.1, 0.15) is 0 Å². The molecular weight excluding hydrogens is 206 g/mol. The van der Waals surface area contributed by atoms with E-state index in [0.29, 0.717) is 0 Å². The average Bonchev–Trinajstić information content (AvgIpc) is 2.47. The number of H-pyrrole nitrogens is 1. The Morgan fingerprint density at radius 1 is 1.64 bits per heavy atom. The molecule has 8 heteroatoms. The van der Waals surface area contributed by atoms with Crippen LogP contribution in [0.4, 0.5) is 5.82 Å². The summed E-state index contributed by atoms with van der Waals surface area (Å²) in [4.78, 5) is 17.3. The molecule has 0 saturated carbocycles. The van der Waals surface area contributed by atoms with Crippen molar-refractivity contribution in [2.75, 3.05) is 12.0 Å². The molecule has 0 saturated heterocycles. The van der Waals surface area contributed by atoms with E-state index < -0.39 is 10.8 Å². The quantitative estimate of drug-likeness (QED) is 0.614. The Kier molecular flexibility index (Phi) is 1.84. The molecule has 74 valence electrons. The zero-order valence-electron chi connectivity index (χ0n) is 7.22. The maximum atomic E-state index is 11.1. The van der Waals surface area contributed by atoms with E-state index in [-0.39, 0.29) is 22.3 Å². The molecule has 0 aliphatic rings. The predicted molar refractivity (Wildman–Crippen MR) is 50.4 cm³/mol. The molecule has 14 heavy (non-hydrogen) atoms. The number of anilines is 1. The molecule has 0 bridgehead atoms. The lowest BCUT2D eigenvalue weighted by Crippen LogP contribution is -2.11. The van der Waals surface area contributed by atoms with Crippen molar-refractivity contribution in [2.45, 2.75) is 5.16 Å². The molecule has 3 N–H and O–H groups in total. The summed E-state index contributed by atoms with van der Waals surface area (Å²) in [6, 6.07) is 1.18. The average molecular weight is 213 g/mol. The predicted octanol–water partition coefficient (Wildman–Crippen LogP) is -1.26. The summed E-state index contributed by atoms with van der Waals surface area (Å²) in [7, 11) is -1.30. The molecule has 2 aromatic rings. The zero-order valence-corrected chi connectivity index (χ0v) is 8.04. The minimum Gasteiger partial charge on any atom is -0.383 e. The minimum absolute atomic E-state index is 0.138. The maximum Gasteiger partial charge on any atom is 0.254 e. The van der Waals surface area contributed by atoms with E-state index in [1.807, 2.05) is 0 Å². The SMILES string of the molecule is CS(=O)c1nc2[nH]c(=O)cc(N)n2n1. The van der Waals surface area contributed by atoms with Crippen LogP contribution in [0.2, 0.25) is 0 Å². The van der Waals surface area contributed by atoms with Gasteiger partial charge < -0.3 is 5.73 Å². The van der Waals surface area contributed by atoms with Crippen LogP contribution < -0.4 is 11.3 Å². The molecule has 2 rings (SSSR count). The van der Waals surface area contributed by atoms with Crippen LogP contribution in [0.15, 0.2) is 16.0 Å². The second-order valence-electron chi connectivity index (χ2n) is 2.64. The molecule has 0 aliphatic heterocycles. The van der Waals surface area contributed by atoms with Crippen molar-refractivity contribution in [3.8, 4) is 0 Å². The first-order chi connectivity index (χ1) is 6.58. The maximum absolute atomic E-state index is 11.1. The summed E-state index contributed by atoms with van der Waals surface area (Å²) in [6.07, 6.45) is 1.45. The summed E-state index contributed by atoms with van der Waals surface area (Å²) in [6.45, 7) is 0. The Labute approximate surface area is 80.4 Å². The van der Waals surface area contributed by atoms with Gasteiger partial charge >= 0.3 is 0 Å². The van der Waals surface area contributed by atoms with E-state index in [1.165, 1.54) is 16.8 Å². The van der Waals surface area contributed by atoms with Gasteiger partial charge in [0, 0.05) is 12.3 Å². The summed E-state index contributed by atoms with van der Waals surface area (Å²) in [5.74, 6) is 0.355. The molecule has 0 amide bonds. The topological polar surface area (TPSA) is 106 Å². The molecule has 1 atom stereocenters. The van der Waals surface area contributed by atoms with Crippen LogP contribution in [0, 0.1) is 0 Å². The first kappa shape index (κ1) is 8.88. The Bertz CT molecular complexity index is 571. The van der Waals surface area contributed by atoms with Gasteiger partial charge in [-0.15, -0.1) is 5.10 Å². The number of nitrogens with zero attached hydrogens (tertiary/aromatic N) is 3. The summed E-state index contributed by atoms with van der Waals surface area (Å²) < 4.78 is 12.3. The van der Waals surface area contributed by atoms with Gasteiger partial charge in [0.1, 0.15) is 5.82 Å². The van der Waals surface area contributed by atoms with Gasteiger partial charge in [0.05, 0.1) is 10.8 Å². The second-order valence-corrected chi connectivity index (χ2v) is 3.92. The van der Waals surface area contributed by atoms with Gasteiger partial charge in [-0.05, 0) is 0 Å². The lowest BCUT2D eigenvalue weighted by atomic mass is 10.6. The monoisotopic (exact) mass is 213 g/mol. The van der Waals surface area contributed by atoms with Crippen molar-refractivity contribution in [1.29, 1.82) is 0 Å². The highest BCUT2D eigenvalue weighted by Gasteiger charge is 2.09. The molecule has 0 spiro atoms. The third-order valence-electron chi connectivity index (χ3n) is 1.60. The van der Waals surface area contributed by atoms with Gasteiger partial charge in [-0.2, -0.15) is 9.50 Å². The largest absolute Gasteiger partial charge is 0.383 e. The fourth-order valence-electron chi connectivity index (χ4n) is 1.02. The number of nitrogens with two attached hydrogens (primary N) is 1. The van der Waals surface area contributed by atoms with Gasteiger partial charge in [0.15, 0.2) is 0 Å². The summed E-state index contributed by atoms with van der Waals surface area (Å²) in [5.41, 5.74) is 5.15. The number of hydrogen-bond donors (Lipinski definition) is 2. The van der Waals surface area contributed by atoms with E-state index in [4.69, 9.17) is 5.73 Å². The molecule has 7 nitrogen and oxygen atoms in total. The van der Waals surface area contributed by atoms with Crippen LogP contribution in [-0.2, 0) is 10.8 Å².